The predicted molar refractivity (Wildman–Crippen MR) is 66.5 cm³/mol. The number of amidine groups is 1. The van der Waals surface area contributed by atoms with Gasteiger partial charge in [-0.1, -0.05) is 33.1 Å². The Morgan fingerprint density at radius 3 is 2.73 bits per heavy atom. The number of nitrogens with one attached hydrogen (secondary N) is 1. The van der Waals surface area contributed by atoms with Crippen LogP contribution in [0.5, 0.6) is 0 Å². The molecule has 2 nitrogen and oxygen atoms in total. The van der Waals surface area contributed by atoms with E-state index in [2.05, 4.69) is 18.7 Å². The van der Waals surface area contributed by atoms with Crippen LogP contribution in [-0.4, -0.2) is 23.8 Å². The van der Waals surface area contributed by atoms with Crippen LogP contribution >= 0.6 is 0 Å². The highest BCUT2D eigenvalue weighted by Gasteiger charge is 2.17. The molecule has 0 aromatic heterocycles. The molecular formula is C13H26N2. The van der Waals surface area contributed by atoms with Crippen molar-refractivity contribution in [3.05, 3.63) is 0 Å². The highest BCUT2D eigenvalue weighted by molar-refractivity contribution is 5.79. The summed E-state index contributed by atoms with van der Waals surface area (Å²) >= 11 is 0. The minimum atomic E-state index is 0.809. The number of hydrogen-bond donors (Lipinski definition) is 1. The normalized spacial score (nSPS) is 19.3. The van der Waals surface area contributed by atoms with Crippen LogP contribution < -0.4 is 0 Å². The molecule has 0 bridgehead atoms. The summed E-state index contributed by atoms with van der Waals surface area (Å²) in [5, 5.41) is 7.92. The lowest BCUT2D eigenvalue weighted by Crippen LogP contribution is -2.38. The van der Waals surface area contributed by atoms with Crippen LogP contribution in [-0.2, 0) is 0 Å². The molecule has 1 aliphatic rings. The van der Waals surface area contributed by atoms with Crippen LogP contribution in [0.15, 0.2) is 0 Å². The molecule has 1 heterocycles. The maximum atomic E-state index is 7.92. The molecule has 0 aliphatic carbocycles. The zero-order valence-corrected chi connectivity index (χ0v) is 10.4. The number of likely N-dealkylation sites (tertiary alicyclic amines) is 1. The Hall–Kier alpha value is -0.530. The molecule has 0 radical (unpaired) electrons. The van der Waals surface area contributed by atoms with Gasteiger partial charge >= 0.3 is 0 Å². The average Bonchev–Trinajstić information content (AvgIpc) is 2.26. The number of piperidine rings is 1. The van der Waals surface area contributed by atoms with E-state index < -0.39 is 0 Å². The van der Waals surface area contributed by atoms with Gasteiger partial charge in [0.15, 0.2) is 0 Å². The molecule has 0 saturated carbocycles. The Bertz CT molecular complexity index is 189. The van der Waals surface area contributed by atoms with Crippen LogP contribution in [0.25, 0.3) is 0 Å². The lowest BCUT2D eigenvalue weighted by molar-refractivity contribution is 0.288. The minimum Gasteiger partial charge on any atom is -0.360 e. The van der Waals surface area contributed by atoms with Crippen molar-refractivity contribution in [3.63, 3.8) is 0 Å². The lowest BCUT2D eigenvalue weighted by atomic mass is 9.97. The van der Waals surface area contributed by atoms with Crippen molar-refractivity contribution < 1.29 is 0 Å². The maximum absolute atomic E-state index is 7.92. The van der Waals surface area contributed by atoms with E-state index in [1.165, 1.54) is 38.5 Å². The third-order valence-electron chi connectivity index (χ3n) is 3.50. The minimum absolute atomic E-state index is 0.809. The van der Waals surface area contributed by atoms with Crippen molar-refractivity contribution in [2.75, 3.05) is 13.1 Å². The van der Waals surface area contributed by atoms with E-state index in [1.807, 2.05) is 0 Å². The Kier molecular flexibility index (Phi) is 5.74. The topological polar surface area (TPSA) is 27.1 Å². The van der Waals surface area contributed by atoms with E-state index in [1.54, 1.807) is 0 Å². The zero-order valence-electron chi connectivity index (χ0n) is 10.4. The standard InChI is InChI=1S/C13H26N2/c1-3-5-8-12(4-2)11-15-10-7-6-9-13(15)14/h12,14H,3-11H2,1-2H3. The lowest BCUT2D eigenvalue weighted by Gasteiger charge is -2.32. The number of rotatable bonds is 6. The number of hydrogen-bond acceptors (Lipinski definition) is 1. The summed E-state index contributed by atoms with van der Waals surface area (Å²) in [6.45, 7) is 6.81. The molecule has 15 heavy (non-hydrogen) atoms. The molecule has 0 aromatic rings. The van der Waals surface area contributed by atoms with E-state index in [4.69, 9.17) is 5.41 Å². The summed E-state index contributed by atoms with van der Waals surface area (Å²) in [6, 6.07) is 0. The largest absolute Gasteiger partial charge is 0.360 e. The predicted octanol–water partition coefficient (Wildman–Crippen LogP) is 3.67. The zero-order chi connectivity index (χ0) is 11.1. The van der Waals surface area contributed by atoms with Gasteiger partial charge in [0.2, 0.25) is 0 Å². The van der Waals surface area contributed by atoms with Crippen molar-refractivity contribution in [1.82, 2.24) is 4.90 Å². The van der Waals surface area contributed by atoms with Crippen molar-refractivity contribution in [3.8, 4) is 0 Å². The van der Waals surface area contributed by atoms with Crippen molar-refractivity contribution in [1.29, 1.82) is 5.41 Å². The van der Waals surface area contributed by atoms with Crippen LogP contribution in [0.1, 0.15) is 58.8 Å². The highest BCUT2D eigenvalue weighted by atomic mass is 15.2. The quantitative estimate of drug-likeness (QED) is 0.711. The fraction of sp³-hybridized carbons (Fsp3) is 0.923. The Morgan fingerprint density at radius 1 is 1.33 bits per heavy atom. The van der Waals surface area contributed by atoms with Gasteiger partial charge in [-0.2, -0.15) is 0 Å². The van der Waals surface area contributed by atoms with Crippen LogP contribution in [0, 0.1) is 11.3 Å². The highest BCUT2D eigenvalue weighted by Crippen LogP contribution is 2.18. The molecule has 0 aromatic carbocycles. The molecule has 0 spiro atoms. The summed E-state index contributed by atoms with van der Waals surface area (Å²) < 4.78 is 0. The molecule has 1 N–H and O–H groups in total. The number of unbranched alkanes of at least 4 members (excludes halogenated alkanes) is 1. The van der Waals surface area contributed by atoms with E-state index in [9.17, 15) is 0 Å². The molecule has 88 valence electrons. The number of nitrogens with zero attached hydrogens (tertiary/aromatic N) is 1. The first-order chi connectivity index (χ1) is 7.27. The molecular weight excluding hydrogens is 184 g/mol. The van der Waals surface area contributed by atoms with Gasteiger partial charge in [0.25, 0.3) is 0 Å². The van der Waals surface area contributed by atoms with Crippen molar-refractivity contribution >= 4 is 5.84 Å². The molecule has 1 saturated heterocycles. The summed E-state index contributed by atoms with van der Waals surface area (Å²) in [5.74, 6) is 1.69. The van der Waals surface area contributed by atoms with Gasteiger partial charge in [0.1, 0.15) is 0 Å². The second-order valence-electron chi connectivity index (χ2n) is 4.77. The van der Waals surface area contributed by atoms with Crippen LogP contribution in [0.2, 0.25) is 0 Å². The third-order valence-corrected chi connectivity index (χ3v) is 3.50. The van der Waals surface area contributed by atoms with Gasteiger partial charge in [0, 0.05) is 19.5 Å². The Balaban J connectivity index is 2.32. The van der Waals surface area contributed by atoms with E-state index in [0.717, 1.165) is 31.3 Å². The van der Waals surface area contributed by atoms with Gasteiger partial charge in [-0.25, -0.2) is 0 Å². The summed E-state index contributed by atoms with van der Waals surface area (Å²) in [5.41, 5.74) is 0. The van der Waals surface area contributed by atoms with Gasteiger partial charge < -0.3 is 4.90 Å². The first kappa shape index (κ1) is 12.5. The smallest absolute Gasteiger partial charge is 0.0957 e. The second kappa shape index (κ2) is 6.86. The average molecular weight is 210 g/mol. The maximum Gasteiger partial charge on any atom is 0.0957 e. The summed E-state index contributed by atoms with van der Waals surface area (Å²) in [6.07, 6.45) is 8.77. The Labute approximate surface area is 94.6 Å². The summed E-state index contributed by atoms with van der Waals surface area (Å²) in [7, 11) is 0. The Morgan fingerprint density at radius 2 is 2.13 bits per heavy atom. The third kappa shape index (κ3) is 4.23. The molecule has 1 unspecified atom stereocenters. The molecule has 2 heteroatoms. The fourth-order valence-corrected chi connectivity index (χ4v) is 2.32. The molecule has 1 aliphatic heterocycles. The first-order valence-electron chi connectivity index (χ1n) is 6.60. The van der Waals surface area contributed by atoms with E-state index >= 15 is 0 Å². The van der Waals surface area contributed by atoms with Gasteiger partial charge in [-0.15, -0.1) is 0 Å². The van der Waals surface area contributed by atoms with Crippen LogP contribution in [0.3, 0.4) is 0 Å². The molecule has 1 atom stereocenters. The van der Waals surface area contributed by atoms with Gasteiger partial charge in [0.05, 0.1) is 5.84 Å². The fourth-order valence-electron chi connectivity index (χ4n) is 2.32. The van der Waals surface area contributed by atoms with Gasteiger partial charge in [-0.05, 0) is 25.2 Å². The second-order valence-corrected chi connectivity index (χ2v) is 4.77. The molecule has 0 amide bonds. The monoisotopic (exact) mass is 210 g/mol. The van der Waals surface area contributed by atoms with Crippen molar-refractivity contribution in [2.45, 2.75) is 58.8 Å². The summed E-state index contributed by atoms with van der Waals surface area (Å²) in [4.78, 5) is 2.31. The SMILES string of the molecule is CCCCC(CC)CN1CCCCC1=N. The molecule has 1 rings (SSSR count). The van der Waals surface area contributed by atoms with Crippen LogP contribution in [0.4, 0.5) is 0 Å². The van der Waals surface area contributed by atoms with Gasteiger partial charge in [-0.3, -0.25) is 5.41 Å². The van der Waals surface area contributed by atoms with E-state index in [0.29, 0.717) is 0 Å². The van der Waals surface area contributed by atoms with E-state index in [-0.39, 0.29) is 0 Å². The first-order valence-corrected chi connectivity index (χ1v) is 6.60. The van der Waals surface area contributed by atoms with Crippen molar-refractivity contribution in [2.24, 2.45) is 5.92 Å². The molecule has 1 fully saturated rings.